The summed E-state index contributed by atoms with van der Waals surface area (Å²) in [5, 5.41) is 4.59. The van der Waals surface area contributed by atoms with Crippen LogP contribution in [-0.4, -0.2) is 16.9 Å². The number of anilines is 2. The van der Waals surface area contributed by atoms with Crippen molar-refractivity contribution in [3.8, 4) is 17.2 Å². The van der Waals surface area contributed by atoms with Crippen LogP contribution in [-0.2, 0) is 6.67 Å². The molecule has 0 unspecified atom stereocenters. The number of hydrogen-bond donors (Lipinski definition) is 0. The van der Waals surface area contributed by atoms with E-state index in [-0.39, 0.29) is 0 Å². The maximum absolute atomic E-state index is 5.75. The molecule has 0 aliphatic heterocycles. The molecule has 0 atom stereocenters. The molecule has 6 heteroatoms. The monoisotopic (exact) mass is 389 g/mol. The van der Waals surface area contributed by atoms with Crippen LogP contribution in [0.5, 0.6) is 5.75 Å². The molecule has 0 fully saturated rings. The van der Waals surface area contributed by atoms with Gasteiger partial charge < -0.3 is 14.1 Å². The number of rotatable bonds is 6. The normalized spacial score (nSPS) is 10.6. The van der Waals surface area contributed by atoms with E-state index in [0.29, 0.717) is 17.4 Å². The van der Waals surface area contributed by atoms with Gasteiger partial charge in [0.15, 0.2) is 0 Å². The zero-order valence-electron chi connectivity index (χ0n) is 15.4. The third-order valence-electron chi connectivity index (χ3n) is 4.35. The van der Waals surface area contributed by atoms with Crippen molar-refractivity contribution in [3.05, 3.63) is 89.8 Å². The quantitative estimate of drug-likeness (QED) is 0.397. The highest BCUT2D eigenvalue weighted by atomic mass is 32.1. The van der Waals surface area contributed by atoms with Crippen molar-refractivity contribution in [2.75, 3.05) is 12.0 Å². The van der Waals surface area contributed by atoms with E-state index in [1.54, 1.807) is 11.8 Å². The van der Waals surface area contributed by atoms with Gasteiger partial charge in [0, 0.05) is 16.9 Å². The molecule has 0 bridgehead atoms. The van der Waals surface area contributed by atoms with Crippen LogP contribution in [0.3, 0.4) is 0 Å². The standard InChI is InChI=1S/C22H19N3O2S/c1-26-20-14-12-17(13-15-20)21-23-25(22(28)27-21)16-24(18-8-4-2-5-9-18)19-10-6-3-7-11-19/h2-15H,16H2,1H3. The first-order chi connectivity index (χ1) is 13.7. The molecule has 0 spiro atoms. The third-order valence-corrected chi connectivity index (χ3v) is 4.65. The van der Waals surface area contributed by atoms with Gasteiger partial charge in [0.1, 0.15) is 12.4 Å². The third kappa shape index (κ3) is 3.82. The summed E-state index contributed by atoms with van der Waals surface area (Å²) in [6.45, 7) is 0.437. The highest BCUT2D eigenvalue weighted by molar-refractivity contribution is 7.71. The minimum Gasteiger partial charge on any atom is -0.497 e. The molecule has 0 saturated carbocycles. The Morgan fingerprint density at radius 1 is 0.893 bits per heavy atom. The Hall–Kier alpha value is -3.38. The number of ether oxygens (including phenoxy) is 1. The summed E-state index contributed by atoms with van der Waals surface area (Å²) in [4.78, 5) is 2.46. The van der Waals surface area contributed by atoms with Gasteiger partial charge in [-0.2, -0.15) is 4.68 Å². The topological polar surface area (TPSA) is 43.4 Å². The van der Waals surface area contributed by atoms with Gasteiger partial charge in [0.2, 0.25) is 5.89 Å². The zero-order valence-corrected chi connectivity index (χ0v) is 16.2. The zero-order chi connectivity index (χ0) is 19.3. The Balaban J connectivity index is 1.67. The smallest absolute Gasteiger partial charge is 0.289 e. The van der Waals surface area contributed by atoms with Crippen molar-refractivity contribution in [2.45, 2.75) is 6.67 Å². The second-order valence-corrected chi connectivity index (χ2v) is 6.49. The lowest BCUT2D eigenvalue weighted by atomic mass is 10.2. The molecule has 3 aromatic carbocycles. The van der Waals surface area contributed by atoms with Crippen LogP contribution in [0.15, 0.2) is 89.3 Å². The van der Waals surface area contributed by atoms with Crippen LogP contribution in [0.25, 0.3) is 11.5 Å². The van der Waals surface area contributed by atoms with Gasteiger partial charge in [-0.05, 0) is 60.7 Å². The molecule has 0 aliphatic carbocycles. The Bertz CT molecular complexity index is 1050. The maximum Gasteiger partial charge on any atom is 0.289 e. The van der Waals surface area contributed by atoms with E-state index in [1.165, 1.54) is 0 Å². The molecular weight excluding hydrogens is 370 g/mol. The van der Waals surface area contributed by atoms with Crippen molar-refractivity contribution in [2.24, 2.45) is 0 Å². The molecule has 1 aromatic heterocycles. The lowest BCUT2D eigenvalue weighted by Crippen LogP contribution is -2.22. The van der Waals surface area contributed by atoms with E-state index < -0.39 is 0 Å². The summed E-state index contributed by atoms with van der Waals surface area (Å²) in [6, 6.07) is 27.8. The van der Waals surface area contributed by atoms with Crippen LogP contribution in [0.2, 0.25) is 0 Å². The predicted octanol–water partition coefficient (Wildman–Crippen LogP) is 5.68. The second-order valence-electron chi connectivity index (χ2n) is 6.14. The van der Waals surface area contributed by atoms with Gasteiger partial charge in [-0.25, -0.2) is 0 Å². The van der Waals surface area contributed by atoms with Gasteiger partial charge in [0.05, 0.1) is 7.11 Å². The fraction of sp³-hybridized carbons (Fsp3) is 0.0909. The van der Waals surface area contributed by atoms with E-state index in [2.05, 4.69) is 34.3 Å². The van der Waals surface area contributed by atoms with Crippen molar-refractivity contribution < 1.29 is 9.15 Å². The van der Waals surface area contributed by atoms with Gasteiger partial charge in [0.25, 0.3) is 4.84 Å². The van der Waals surface area contributed by atoms with E-state index in [1.807, 2.05) is 60.7 Å². The highest BCUT2D eigenvalue weighted by Gasteiger charge is 2.14. The number of hydrogen-bond acceptors (Lipinski definition) is 5. The first-order valence-corrected chi connectivity index (χ1v) is 9.25. The van der Waals surface area contributed by atoms with E-state index in [4.69, 9.17) is 21.4 Å². The molecule has 0 aliphatic rings. The van der Waals surface area contributed by atoms with Crippen LogP contribution in [0.1, 0.15) is 0 Å². The number of nitrogens with zero attached hydrogens (tertiary/aromatic N) is 3. The molecule has 4 aromatic rings. The Labute approximate surface area is 168 Å². The van der Waals surface area contributed by atoms with Gasteiger partial charge in [-0.15, -0.1) is 5.10 Å². The number of methoxy groups -OCH3 is 1. The number of benzene rings is 3. The number of para-hydroxylation sites is 2. The van der Waals surface area contributed by atoms with Crippen LogP contribution < -0.4 is 9.64 Å². The molecule has 0 radical (unpaired) electrons. The molecule has 5 nitrogen and oxygen atoms in total. The maximum atomic E-state index is 5.75. The van der Waals surface area contributed by atoms with Gasteiger partial charge in [-0.1, -0.05) is 36.4 Å². The van der Waals surface area contributed by atoms with Crippen molar-refractivity contribution in [1.29, 1.82) is 0 Å². The van der Waals surface area contributed by atoms with Crippen LogP contribution in [0.4, 0.5) is 11.4 Å². The Kier molecular flexibility index (Phi) is 5.21. The first-order valence-electron chi connectivity index (χ1n) is 8.84. The van der Waals surface area contributed by atoms with Gasteiger partial charge in [-0.3, -0.25) is 0 Å². The molecule has 0 saturated heterocycles. The molecular formula is C22H19N3O2S. The van der Waals surface area contributed by atoms with E-state index >= 15 is 0 Å². The molecule has 1 heterocycles. The Morgan fingerprint density at radius 3 is 2.00 bits per heavy atom. The number of aromatic nitrogens is 2. The largest absolute Gasteiger partial charge is 0.497 e. The van der Waals surface area contributed by atoms with Crippen molar-refractivity contribution >= 4 is 23.6 Å². The average Bonchev–Trinajstić information content (AvgIpc) is 3.13. The van der Waals surface area contributed by atoms with Gasteiger partial charge >= 0.3 is 0 Å². The fourth-order valence-corrected chi connectivity index (χ4v) is 3.09. The van der Waals surface area contributed by atoms with E-state index in [0.717, 1.165) is 22.7 Å². The summed E-state index contributed by atoms with van der Waals surface area (Å²) in [5.41, 5.74) is 2.94. The van der Waals surface area contributed by atoms with Crippen molar-refractivity contribution in [1.82, 2.24) is 9.78 Å². The molecule has 0 N–H and O–H groups in total. The van der Waals surface area contributed by atoms with E-state index in [9.17, 15) is 0 Å². The summed E-state index contributed by atoms with van der Waals surface area (Å²) in [6.07, 6.45) is 0. The average molecular weight is 389 g/mol. The minimum absolute atomic E-state index is 0.322. The minimum atomic E-state index is 0.322. The fourth-order valence-electron chi connectivity index (χ4n) is 2.91. The summed E-state index contributed by atoms with van der Waals surface area (Å²) in [5.74, 6) is 1.26. The highest BCUT2D eigenvalue weighted by Crippen LogP contribution is 2.27. The summed E-state index contributed by atoms with van der Waals surface area (Å²) < 4.78 is 12.6. The summed E-state index contributed by atoms with van der Waals surface area (Å²) >= 11 is 5.42. The lowest BCUT2D eigenvalue weighted by Gasteiger charge is -2.24. The lowest BCUT2D eigenvalue weighted by molar-refractivity contribution is 0.415. The SMILES string of the molecule is COc1ccc(-c2nn(CN(c3ccccc3)c3ccccc3)c(=S)o2)cc1. The first kappa shape index (κ1) is 18.0. The Morgan fingerprint density at radius 2 is 1.46 bits per heavy atom. The second kappa shape index (κ2) is 8.10. The molecule has 28 heavy (non-hydrogen) atoms. The molecule has 0 amide bonds. The van der Waals surface area contributed by atoms with Crippen molar-refractivity contribution in [3.63, 3.8) is 0 Å². The predicted molar refractivity (Wildman–Crippen MR) is 112 cm³/mol. The summed E-state index contributed by atoms with van der Waals surface area (Å²) in [7, 11) is 1.64. The molecule has 4 rings (SSSR count). The molecule has 140 valence electrons. The van der Waals surface area contributed by atoms with Crippen LogP contribution in [0, 0.1) is 4.84 Å². The van der Waals surface area contributed by atoms with Crippen LogP contribution >= 0.6 is 12.2 Å².